The minimum Gasteiger partial charge on any atom is -0.445 e. The van der Waals surface area contributed by atoms with Crippen LogP contribution >= 0.6 is 22.6 Å². The van der Waals surface area contributed by atoms with Gasteiger partial charge in [-0.2, -0.15) is 0 Å². The molecule has 3 atom stereocenters. The number of carbonyl (C=O) groups excluding carboxylic acids is 1. The van der Waals surface area contributed by atoms with Crippen molar-refractivity contribution in [2.24, 2.45) is 5.92 Å². The SMILES string of the molecule is CC1C(CI)C(O)CN1C(=O)OCc1ccccc1. The summed E-state index contributed by atoms with van der Waals surface area (Å²) in [5.41, 5.74) is 0.966. The monoisotopic (exact) mass is 375 g/mol. The number of alkyl halides is 1. The predicted molar refractivity (Wildman–Crippen MR) is 81.2 cm³/mol. The molecule has 19 heavy (non-hydrogen) atoms. The third-order valence-electron chi connectivity index (χ3n) is 3.61. The maximum absolute atomic E-state index is 12.0. The van der Waals surface area contributed by atoms with Crippen LogP contribution in [-0.2, 0) is 11.3 Å². The Labute approximate surface area is 126 Å². The van der Waals surface area contributed by atoms with E-state index in [-0.39, 0.29) is 24.7 Å². The van der Waals surface area contributed by atoms with Crippen molar-refractivity contribution in [3.63, 3.8) is 0 Å². The van der Waals surface area contributed by atoms with Crippen LogP contribution in [0.3, 0.4) is 0 Å². The van der Waals surface area contributed by atoms with E-state index < -0.39 is 6.10 Å². The van der Waals surface area contributed by atoms with E-state index in [2.05, 4.69) is 22.6 Å². The highest BCUT2D eigenvalue weighted by atomic mass is 127. The molecule has 104 valence electrons. The molecule has 1 aromatic rings. The fraction of sp³-hybridized carbons (Fsp3) is 0.500. The number of amides is 1. The first-order valence-electron chi connectivity index (χ1n) is 6.35. The van der Waals surface area contributed by atoms with Gasteiger partial charge >= 0.3 is 6.09 Å². The summed E-state index contributed by atoms with van der Waals surface area (Å²) in [5, 5.41) is 9.91. The summed E-state index contributed by atoms with van der Waals surface area (Å²) in [6.45, 7) is 2.60. The summed E-state index contributed by atoms with van der Waals surface area (Å²) in [5.74, 6) is 0.130. The Balaban J connectivity index is 1.90. The number of β-amino-alcohol motifs (C(OH)–C–C–N with tert-alkyl or cyclic N) is 1. The van der Waals surface area contributed by atoms with Crippen LogP contribution in [0.5, 0.6) is 0 Å². The third-order valence-corrected chi connectivity index (χ3v) is 4.62. The van der Waals surface area contributed by atoms with E-state index in [0.29, 0.717) is 6.54 Å². The Kier molecular flexibility index (Phi) is 5.04. The average molecular weight is 375 g/mol. The molecule has 3 unspecified atom stereocenters. The second kappa shape index (κ2) is 6.56. The molecule has 1 aliphatic heterocycles. The van der Waals surface area contributed by atoms with E-state index in [1.807, 2.05) is 37.3 Å². The largest absolute Gasteiger partial charge is 0.445 e. The van der Waals surface area contributed by atoms with Crippen molar-refractivity contribution in [2.45, 2.75) is 25.7 Å². The average Bonchev–Trinajstić information content (AvgIpc) is 2.72. The molecule has 1 aromatic carbocycles. The van der Waals surface area contributed by atoms with Crippen molar-refractivity contribution in [1.82, 2.24) is 4.90 Å². The van der Waals surface area contributed by atoms with Gasteiger partial charge in [-0.25, -0.2) is 4.79 Å². The first-order chi connectivity index (χ1) is 9.13. The highest BCUT2D eigenvalue weighted by Gasteiger charge is 2.40. The van der Waals surface area contributed by atoms with Crippen LogP contribution in [-0.4, -0.2) is 39.2 Å². The second-order valence-corrected chi connectivity index (χ2v) is 5.70. The van der Waals surface area contributed by atoms with Crippen LogP contribution < -0.4 is 0 Å². The summed E-state index contributed by atoms with van der Waals surface area (Å²) in [6, 6.07) is 9.62. The molecule has 1 saturated heterocycles. The van der Waals surface area contributed by atoms with Crippen LogP contribution in [0, 0.1) is 5.92 Å². The number of benzene rings is 1. The lowest BCUT2D eigenvalue weighted by atomic mass is 10.0. The van der Waals surface area contributed by atoms with Crippen molar-refractivity contribution < 1.29 is 14.6 Å². The molecular formula is C14H18INO3. The zero-order valence-corrected chi connectivity index (χ0v) is 13.0. The van der Waals surface area contributed by atoms with Gasteiger partial charge in [0.1, 0.15) is 6.61 Å². The first-order valence-corrected chi connectivity index (χ1v) is 7.87. The molecule has 0 aromatic heterocycles. The van der Waals surface area contributed by atoms with Crippen LogP contribution in [0.25, 0.3) is 0 Å². The summed E-state index contributed by atoms with van der Waals surface area (Å²) >= 11 is 2.25. The minimum atomic E-state index is -0.448. The second-order valence-electron chi connectivity index (χ2n) is 4.82. The van der Waals surface area contributed by atoms with Crippen molar-refractivity contribution >= 4 is 28.7 Å². The fourth-order valence-electron chi connectivity index (χ4n) is 2.33. The maximum Gasteiger partial charge on any atom is 0.410 e. The molecular weight excluding hydrogens is 357 g/mol. The van der Waals surface area contributed by atoms with Gasteiger partial charge in [-0.1, -0.05) is 52.9 Å². The number of hydrogen-bond donors (Lipinski definition) is 1. The van der Waals surface area contributed by atoms with Crippen LogP contribution in [0.1, 0.15) is 12.5 Å². The highest BCUT2D eigenvalue weighted by Crippen LogP contribution is 2.27. The molecule has 4 nitrogen and oxygen atoms in total. The number of carbonyl (C=O) groups is 1. The number of nitrogens with zero attached hydrogens (tertiary/aromatic N) is 1. The third kappa shape index (κ3) is 3.39. The molecule has 0 spiro atoms. The standard InChI is InChI=1S/C14H18INO3/c1-10-12(7-15)13(17)8-16(10)14(18)19-9-11-5-3-2-4-6-11/h2-6,10,12-13,17H,7-9H2,1H3. The first kappa shape index (κ1) is 14.6. The van der Waals surface area contributed by atoms with Gasteiger partial charge in [-0.3, -0.25) is 0 Å². The Morgan fingerprint density at radius 2 is 2.16 bits per heavy atom. The maximum atomic E-state index is 12.0. The number of halogens is 1. The number of rotatable bonds is 3. The van der Waals surface area contributed by atoms with Crippen molar-refractivity contribution in [2.75, 3.05) is 11.0 Å². The normalized spacial score (nSPS) is 26.5. The number of likely N-dealkylation sites (tertiary alicyclic amines) is 1. The molecule has 1 fully saturated rings. The van der Waals surface area contributed by atoms with E-state index in [1.165, 1.54) is 0 Å². The van der Waals surface area contributed by atoms with Crippen LogP contribution in [0.4, 0.5) is 4.79 Å². The van der Waals surface area contributed by atoms with Gasteiger partial charge in [0, 0.05) is 16.4 Å². The Hall–Kier alpha value is -0.820. The smallest absolute Gasteiger partial charge is 0.410 e. The number of aliphatic hydroxyl groups is 1. The topological polar surface area (TPSA) is 49.8 Å². The van der Waals surface area contributed by atoms with E-state index in [0.717, 1.165) is 9.99 Å². The van der Waals surface area contributed by atoms with Gasteiger partial charge in [-0.15, -0.1) is 0 Å². The lowest BCUT2D eigenvalue weighted by Gasteiger charge is -2.22. The molecule has 5 heteroatoms. The Morgan fingerprint density at radius 3 is 2.74 bits per heavy atom. The van der Waals surface area contributed by atoms with E-state index in [1.54, 1.807) is 4.90 Å². The number of hydrogen-bond acceptors (Lipinski definition) is 3. The van der Waals surface area contributed by atoms with Crippen molar-refractivity contribution in [3.8, 4) is 0 Å². The molecule has 0 saturated carbocycles. The van der Waals surface area contributed by atoms with Crippen molar-refractivity contribution in [3.05, 3.63) is 35.9 Å². The highest BCUT2D eigenvalue weighted by molar-refractivity contribution is 14.1. The van der Waals surface area contributed by atoms with Gasteiger partial charge in [-0.05, 0) is 12.5 Å². The van der Waals surface area contributed by atoms with E-state index in [9.17, 15) is 9.90 Å². The molecule has 2 rings (SSSR count). The predicted octanol–water partition coefficient (Wildman–Crippen LogP) is 2.44. The van der Waals surface area contributed by atoms with Crippen LogP contribution in [0.15, 0.2) is 30.3 Å². The summed E-state index contributed by atoms with van der Waals surface area (Å²) in [6.07, 6.45) is -0.793. The van der Waals surface area contributed by atoms with E-state index in [4.69, 9.17) is 4.74 Å². The van der Waals surface area contributed by atoms with E-state index >= 15 is 0 Å². The lowest BCUT2D eigenvalue weighted by Crippen LogP contribution is -2.36. The lowest BCUT2D eigenvalue weighted by molar-refractivity contribution is 0.0894. The molecule has 1 amide bonds. The van der Waals surface area contributed by atoms with Gasteiger partial charge in [0.2, 0.25) is 0 Å². The summed E-state index contributed by atoms with van der Waals surface area (Å²) in [7, 11) is 0. The van der Waals surface area contributed by atoms with Gasteiger partial charge in [0.25, 0.3) is 0 Å². The molecule has 1 aliphatic rings. The molecule has 0 radical (unpaired) electrons. The zero-order chi connectivity index (χ0) is 13.8. The quantitative estimate of drug-likeness (QED) is 0.652. The van der Waals surface area contributed by atoms with Crippen LogP contribution in [0.2, 0.25) is 0 Å². The van der Waals surface area contributed by atoms with Gasteiger partial charge in [0.05, 0.1) is 12.6 Å². The molecule has 0 bridgehead atoms. The summed E-state index contributed by atoms with van der Waals surface area (Å²) < 4.78 is 6.13. The number of ether oxygens (including phenoxy) is 1. The fourth-order valence-corrected chi connectivity index (χ4v) is 3.65. The molecule has 1 heterocycles. The molecule has 1 N–H and O–H groups in total. The minimum absolute atomic E-state index is 0.0233. The number of aliphatic hydroxyl groups excluding tert-OH is 1. The van der Waals surface area contributed by atoms with Crippen molar-refractivity contribution in [1.29, 1.82) is 0 Å². The van der Waals surface area contributed by atoms with Gasteiger partial charge in [0.15, 0.2) is 0 Å². The molecule has 0 aliphatic carbocycles. The zero-order valence-electron chi connectivity index (χ0n) is 10.8. The van der Waals surface area contributed by atoms with Gasteiger partial charge < -0.3 is 14.7 Å². The Bertz CT molecular complexity index is 426. The summed E-state index contributed by atoms with van der Waals surface area (Å²) in [4.78, 5) is 13.6. The Morgan fingerprint density at radius 1 is 1.47 bits per heavy atom.